The number of piperidine rings is 1. The number of nitrogens with zero attached hydrogens (tertiary/aromatic N) is 5. The first kappa shape index (κ1) is 21.8. The van der Waals surface area contributed by atoms with Gasteiger partial charge in [0.15, 0.2) is 11.4 Å². The summed E-state index contributed by atoms with van der Waals surface area (Å²) in [5, 5.41) is 21.7. The van der Waals surface area contributed by atoms with Gasteiger partial charge in [0.2, 0.25) is 0 Å². The van der Waals surface area contributed by atoms with Crippen LogP contribution in [-0.4, -0.2) is 54.5 Å². The molecular formula is C21H26F3N7O2. The van der Waals surface area contributed by atoms with Gasteiger partial charge in [-0.1, -0.05) is 0 Å². The number of aryl methyl sites for hydroxylation is 1. The summed E-state index contributed by atoms with van der Waals surface area (Å²) in [5.74, 6) is 1.18. The summed E-state index contributed by atoms with van der Waals surface area (Å²) in [6, 6.07) is 1.78. The molecule has 0 amide bonds. The molecule has 1 saturated heterocycles. The maximum Gasteiger partial charge on any atom is 0.417 e. The third-order valence-corrected chi connectivity index (χ3v) is 7.10. The fraction of sp³-hybridized carbons (Fsp3) is 0.571. The minimum Gasteiger partial charge on any atom is -0.382 e. The molecule has 1 saturated carbocycles. The zero-order valence-corrected chi connectivity index (χ0v) is 18.4. The molecular weight excluding hydrogens is 439 g/mol. The van der Waals surface area contributed by atoms with E-state index in [1.165, 1.54) is 0 Å². The van der Waals surface area contributed by atoms with E-state index < -0.39 is 24.6 Å². The molecule has 2 fully saturated rings. The number of H-pyrrole nitrogens is 1. The maximum atomic E-state index is 13.2. The van der Waals surface area contributed by atoms with Crippen LogP contribution in [0.2, 0.25) is 0 Å². The number of hydrogen-bond donors (Lipinski definition) is 3. The molecule has 1 aliphatic carbocycles. The van der Waals surface area contributed by atoms with Crippen molar-refractivity contribution in [2.75, 3.05) is 23.7 Å². The molecule has 2 aliphatic rings. The minimum absolute atomic E-state index is 0.000253. The van der Waals surface area contributed by atoms with Crippen molar-refractivity contribution in [3.05, 3.63) is 22.6 Å². The van der Waals surface area contributed by atoms with Crippen molar-refractivity contribution in [1.82, 2.24) is 24.5 Å². The van der Waals surface area contributed by atoms with Crippen molar-refractivity contribution in [2.24, 2.45) is 13.0 Å². The molecule has 3 aromatic rings. The lowest BCUT2D eigenvalue weighted by Gasteiger charge is -2.39. The van der Waals surface area contributed by atoms with Crippen LogP contribution in [0.5, 0.6) is 0 Å². The normalized spacial score (nSPS) is 19.9. The number of anilines is 2. The third kappa shape index (κ3) is 3.47. The summed E-state index contributed by atoms with van der Waals surface area (Å²) >= 11 is 0. The van der Waals surface area contributed by atoms with Gasteiger partial charge < -0.3 is 20.3 Å². The lowest BCUT2D eigenvalue weighted by atomic mass is 9.91. The van der Waals surface area contributed by atoms with Gasteiger partial charge in [-0.25, -0.2) is 0 Å². The van der Waals surface area contributed by atoms with Crippen LogP contribution in [0.4, 0.5) is 24.8 Å². The van der Waals surface area contributed by atoms with Gasteiger partial charge in [-0.15, -0.1) is 0 Å². The highest BCUT2D eigenvalue weighted by molar-refractivity contribution is 5.97. The number of aliphatic hydroxyl groups is 1. The molecule has 5 rings (SSSR count). The Hall–Kier alpha value is -3.02. The number of pyridine rings is 1. The Kier molecular flexibility index (Phi) is 4.78. The van der Waals surface area contributed by atoms with Crippen molar-refractivity contribution >= 4 is 22.5 Å². The number of fused-ring (bicyclic) bond motifs is 1. The number of halogens is 3. The molecule has 4 heterocycles. The topological polar surface area (TPSA) is 118 Å². The molecule has 0 aromatic carbocycles. The van der Waals surface area contributed by atoms with Gasteiger partial charge in [-0.2, -0.15) is 23.4 Å². The zero-order chi connectivity index (χ0) is 23.7. The molecule has 1 unspecified atom stereocenters. The van der Waals surface area contributed by atoms with E-state index >= 15 is 0 Å². The smallest absolute Gasteiger partial charge is 0.382 e. The first-order valence-corrected chi connectivity index (χ1v) is 11.0. The average molecular weight is 465 g/mol. The Bertz CT molecular complexity index is 1260. The van der Waals surface area contributed by atoms with Crippen molar-refractivity contribution in [1.29, 1.82) is 0 Å². The van der Waals surface area contributed by atoms with Gasteiger partial charge in [0.05, 0.1) is 11.2 Å². The van der Waals surface area contributed by atoms with E-state index in [0.29, 0.717) is 33.9 Å². The van der Waals surface area contributed by atoms with E-state index in [4.69, 9.17) is 5.73 Å². The molecule has 1 atom stereocenters. The second-order valence-corrected chi connectivity index (χ2v) is 9.22. The van der Waals surface area contributed by atoms with Crippen LogP contribution in [0.3, 0.4) is 0 Å². The van der Waals surface area contributed by atoms with E-state index in [1.807, 2.05) is 6.92 Å². The number of alkyl halides is 3. The fourth-order valence-electron chi connectivity index (χ4n) is 4.74. The van der Waals surface area contributed by atoms with Crippen LogP contribution >= 0.6 is 0 Å². The molecule has 0 radical (unpaired) electrons. The zero-order valence-electron chi connectivity index (χ0n) is 18.4. The summed E-state index contributed by atoms with van der Waals surface area (Å²) in [5.41, 5.74) is 4.79. The monoisotopic (exact) mass is 465 g/mol. The van der Waals surface area contributed by atoms with Gasteiger partial charge in [0.1, 0.15) is 11.2 Å². The fourth-order valence-corrected chi connectivity index (χ4v) is 4.74. The molecule has 33 heavy (non-hydrogen) atoms. The molecule has 9 nitrogen and oxygen atoms in total. The van der Waals surface area contributed by atoms with Gasteiger partial charge >= 0.3 is 6.18 Å². The third-order valence-electron chi connectivity index (χ3n) is 7.10. The van der Waals surface area contributed by atoms with Crippen LogP contribution in [0.1, 0.15) is 38.6 Å². The summed E-state index contributed by atoms with van der Waals surface area (Å²) in [4.78, 5) is 14.9. The quantitative estimate of drug-likeness (QED) is 0.545. The second-order valence-electron chi connectivity index (χ2n) is 9.22. The van der Waals surface area contributed by atoms with Gasteiger partial charge in [-0.3, -0.25) is 14.6 Å². The molecule has 3 aromatic heterocycles. The van der Waals surface area contributed by atoms with E-state index in [2.05, 4.69) is 15.3 Å². The van der Waals surface area contributed by atoms with Crippen molar-refractivity contribution < 1.29 is 18.3 Å². The Labute approximate surface area is 187 Å². The lowest BCUT2D eigenvalue weighted by Crippen LogP contribution is -2.53. The Balaban J connectivity index is 1.53. The van der Waals surface area contributed by atoms with Gasteiger partial charge in [0.25, 0.3) is 5.56 Å². The van der Waals surface area contributed by atoms with Crippen molar-refractivity contribution in [3.8, 4) is 11.3 Å². The first-order valence-electron chi connectivity index (χ1n) is 11.0. The van der Waals surface area contributed by atoms with Crippen molar-refractivity contribution in [3.63, 3.8) is 0 Å². The number of aromatic amines is 1. The van der Waals surface area contributed by atoms with Crippen LogP contribution in [0.15, 0.2) is 17.1 Å². The molecule has 0 spiro atoms. The number of nitrogens with one attached hydrogen (secondary N) is 1. The lowest BCUT2D eigenvalue weighted by molar-refractivity contribution is -0.266. The highest BCUT2D eigenvalue weighted by Crippen LogP contribution is 2.41. The maximum absolute atomic E-state index is 13.2. The standard InChI is InChI=1S/C21H26F3N7O2/c1-11(12-3-4-12)31-10-13(17-16(19(31)32)18(25)27-26-17)14-9-15(29(2)28-14)30-7-5-20(33,6-8-30)21(22,23)24/h9-12,33H,3-8H2,1-2H3,(H3,25,26,27). The highest BCUT2D eigenvalue weighted by atomic mass is 19.4. The molecule has 0 bridgehead atoms. The Morgan fingerprint density at radius 3 is 2.58 bits per heavy atom. The highest BCUT2D eigenvalue weighted by Gasteiger charge is 2.54. The SMILES string of the molecule is CC(C1CC1)n1cc(-c2cc(N3CCC(O)(C(F)(F)F)CC3)n(C)n2)c2[nH]nc(N)c2c1=O. The molecule has 1 aliphatic heterocycles. The van der Waals surface area contributed by atoms with Gasteiger partial charge in [-0.05, 0) is 25.7 Å². The average Bonchev–Trinajstić information content (AvgIpc) is 3.43. The minimum atomic E-state index is -4.66. The summed E-state index contributed by atoms with van der Waals surface area (Å²) in [6.45, 7) is 2.09. The Morgan fingerprint density at radius 2 is 1.97 bits per heavy atom. The number of aromatic nitrogens is 5. The Morgan fingerprint density at radius 1 is 1.30 bits per heavy atom. The van der Waals surface area contributed by atoms with E-state index in [1.54, 1.807) is 33.5 Å². The van der Waals surface area contributed by atoms with Crippen LogP contribution in [0.25, 0.3) is 22.2 Å². The summed E-state index contributed by atoms with van der Waals surface area (Å²) < 4.78 is 42.8. The van der Waals surface area contributed by atoms with Crippen molar-refractivity contribution in [2.45, 2.75) is 50.4 Å². The summed E-state index contributed by atoms with van der Waals surface area (Å²) in [6.07, 6.45) is -1.60. The van der Waals surface area contributed by atoms with E-state index in [-0.39, 0.29) is 30.5 Å². The van der Waals surface area contributed by atoms with E-state index in [0.717, 1.165) is 12.8 Å². The number of nitrogen functional groups attached to an aromatic ring is 1. The number of rotatable bonds is 4. The van der Waals surface area contributed by atoms with Crippen LogP contribution < -0.4 is 16.2 Å². The predicted molar refractivity (Wildman–Crippen MR) is 117 cm³/mol. The van der Waals surface area contributed by atoms with Crippen LogP contribution in [-0.2, 0) is 7.05 Å². The van der Waals surface area contributed by atoms with Gasteiger partial charge in [0, 0.05) is 56.8 Å². The van der Waals surface area contributed by atoms with E-state index in [9.17, 15) is 23.1 Å². The number of hydrogen-bond acceptors (Lipinski definition) is 6. The first-order chi connectivity index (χ1) is 15.5. The molecule has 4 N–H and O–H groups in total. The second kappa shape index (κ2) is 7.24. The molecule has 12 heteroatoms. The number of nitrogens with two attached hydrogens (primary N) is 1. The largest absolute Gasteiger partial charge is 0.417 e. The summed E-state index contributed by atoms with van der Waals surface area (Å²) in [7, 11) is 1.71. The predicted octanol–water partition coefficient (Wildman–Crippen LogP) is 2.57. The molecule has 178 valence electrons. The van der Waals surface area contributed by atoms with Crippen LogP contribution in [0, 0.1) is 5.92 Å².